The lowest BCUT2D eigenvalue weighted by atomic mass is 9.74. The Morgan fingerprint density at radius 2 is 2.17 bits per heavy atom. The van der Waals surface area contributed by atoms with Crippen LogP contribution < -0.4 is 5.32 Å². The third kappa shape index (κ3) is 6.23. The van der Waals surface area contributed by atoms with Crippen molar-refractivity contribution in [3.63, 3.8) is 0 Å². The van der Waals surface area contributed by atoms with Gasteiger partial charge >= 0.3 is 5.97 Å². The Morgan fingerprint density at radius 3 is 2.83 bits per heavy atom. The van der Waals surface area contributed by atoms with Gasteiger partial charge in [-0.05, 0) is 50.3 Å². The third-order valence-electron chi connectivity index (χ3n) is 6.02. The SMILES string of the molecule is CCOC(=O)C1CCCN(C(=NC)NCC2(c3cccc(Cl)c3)CCOCC2)C1.I. The van der Waals surface area contributed by atoms with Crippen LogP contribution in [0.15, 0.2) is 29.3 Å². The summed E-state index contributed by atoms with van der Waals surface area (Å²) in [6.07, 6.45) is 3.69. The Hall–Kier alpha value is -1.06. The van der Waals surface area contributed by atoms with Crippen LogP contribution in [0.1, 0.15) is 38.2 Å². The number of hydrogen-bond donors (Lipinski definition) is 1. The average Bonchev–Trinajstić information content (AvgIpc) is 2.75. The third-order valence-corrected chi connectivity index (χ3v) is 6.26. The minimum atomic E-state index is -0.104. The van der Waals surface area contributed by atoms with Gasteiger partial charge in [0.25, 0.3) is 0 Å². The minimum Gasteiger partial charge on any atom is -0.466 e. The van der Waals surface area contributed by atoms with E-state index in [1.54, 1.807) is 7.05 Å². The molecule has 30 heavy (non-hydrogen) atoms. The van der Waals surface area contributed by atoms with Gasteiger partial charge in [0.1, 0.15) is 0 Å². The van der Waals surface area contributed by atoms with E-state index in [0.29, 0.717) is 13.2 Å². The lowest BCUT2D eigenvalue weighted by Gasteiger charge is -2.40. The summed E-state index contributed by atoms with van der Waals surface area (Å²) in [6.45, 7) is 6.04. The highest BCUT2D eigenvalue weighted by atomic mass is 127. The van der Waals surface area contributed by atoms with Crippen molar-refractivity contribution in [1.29, 1.82) is 0 Å². The van der Waals surface area contributed by atoms with Crippen molar-refractivity contribution in [3.05, 3.63) is 34.9 Å². The van der Waals surface area contributed by atoms with E-state index < -0.39 is 0 Å². The number of piperidine rings is 1. The largest absolute Gasteiger partial charge is 0.466 e. The standard InChI is InChI=1S/C22H32ClN3O3.HI/c1-3-29-20(27)17-6-5-11-26(15-17)21(24-2)25-16-22(9-12-28-13-10-22)18-7-4-8-19(23)14-18;/h4,7-8,14,17H,3,5-6,9-13,15-16H2,1-2H3,(H,24,25);1H. The number of halogens is 2. The molecule has 0 aliphatic carbocycles. The maximum absolute atomic E-state index is 12.2. The number of aliphatic imine (C=N–C) groups is 1. The summed E-state index contributed by atoms with van der Waals surface area (Å²) in [6, 6.07) is 8.14. The molecular formula is C22H33ClIN3O3. The molecule has 8 heteroatoms. The van der Waals surface area contributed by atoms with Crippen molar-refractivity contribution in [2.75, 3.05) is 46.5 Å². The number of rotatable bonds is 5. The van der Waals surface area contributed by atoms with Crippen LogP contribution >= 0.6 is 35.6 Å². The summed E-state index contributed by atoms with van der Waals surface area (Å²) in [5.41, 5.74) is 1.19. The molecule has 1 aromatic rings. The first-order valence-electron chi connectivity index (χ1n) is 10.5. The minimum absolute atomic E-state index is 0. The van der Waals surface area contributed by atoms with Crippen LogP contribution in [0.3, 0.4) is 0 Å². The number of nitrogens with zero attached hydrogens (tertiary/aromatic N) is 2. The first-order valence-corrected chi connectivity index (χ1v) is 10.9. The van der Waals surface area contributed by atoms with Gasteiger partial charge in [-0.2, -0.15) is 0 Å². The monoisotopic (exact) mass is 549 g/mol. The van der Waals surface area contributed by atoms with E-state index in [2.05, 4.69) is 27.3 Å². The Kier molecular flexibility index (Phi) is 10.2. The van der Waals surface area contributed by atoms with Crippen molar-refractivity contribution in [2.24, 2.45) is 10.9 Å². The Bertz CT molecular complexity index is 725. The first-order chi connectivity index (χ1) is 14.1. The summed E-state index contributed by atoms with van der Waals surface area (Å²) in [5.74, 6) is 0.645. The van der Waals surface area contributed by atoms with Crippen LogP contribution in [-0.2, 0) is 19.7 Å². The molecule has 0 radical (unpaired) electrons. The predicted molar refractivity (Wildman–Crippen MR) is 131 cm³/mol. The number of benzene rings is 1. The van der Waals surface area contributed by atoms with Crippen LogP contribution in [0.5, 0.6) is 0 Å². The van der Waals surface area contributed by atoms with E-state index in [1.165, 1.54) is 5.56 Å². The topological polar surface area (TPSA) is 63.2 Å². The van der Waals surface area contributed by atoms with Gasteiger partial charge in [0.15, 0.2) is 5.96 Å². The molecule has 1 aromatic carbocycles. The highest BCUT2D eigenvalue weighted by Gasteiger charge is 2.36. The van der Waals surface area contributed by atoms with Gasteiger partial charge in [-0.25, -0.2) is 0 Å². The maximum Gasteiger partial charge on any atom is 0.310 e. The summed E-state index contributed by atoms with van der Waals surface area (Å²) >= 11 is 6.28. The molecule has 1 atom stereocenters. The summed E-state index contributed by atoms with van der Waals surface area (Å²) < 4.78 is 10.9. The zero-order valence-corrected chi connectivity index (χ0v) is 20.9. The fourth-order valence-corrected chi connectivity index (χ4v) is 4.54. The quantitative estimate of drug-likeness (QED) is 0.262. The van der Waals surface area contributed by atoms with E-state index in [0.717, 1.165) is 63.0 Å². The average molecular weight is 550 g/mol. The molecule has 3 rings (SSSR count). The first kappa shape index (κ1) is 25.2. The van der Waals surface area contributed by atoms with Crippen molar-refractivity contribution in [3.8, 4) is 0 Å². The van der Waals surface area contributed by atoms with Crippen LogP contribution in [0.4, 0.5) is 0 Å². The van der Waals surface area contributed by atoms with Crippen molar-refractivity contribution in [1.82, 2.24) is 10.2 Å². The van der Waals surface area contributed by atoms with Gasteiger partial charge in [0, 0.05) is 50.3 Å². The molecule has 168 valence electrons. The Morgan fingerprint density at radius 1 is 1.40 bits per heavy atom. The fraction of sp³-hybridized carbons (Fsp3) is 0.636. The second-order valence-corrected chi connectivity index (χ2v) is 8.28. The molecule has 2 saturated heterocycles. The van der Waals surface area contributed by atoms with Gasteiger partial charge in [0.05, 0.1) is 12.5 Å². The molecule has 1 N–H and O–H groups in total. The Balaban J connectivity index is 0.00000320. The van der Waals surface area contributed by atoms with Gasteiger partial charge in [-0.1, -0.05) is 23.7 Å². The zero-order valence-electron chi connectivity index (χ0n) is 17.9. The van der Waals surface area contributed by atoms with E-state index >= 15 is 0 Å². The smallest absolute Gasteiger partial charge is 0.310 e. The molecule has 2 fully saturated rings. The number of carbonyl (C=O) groups is 1. The molecule has 1 unspecified atom stereocenters. The molecular weight excluding hydrogens is 517 g/mol. The van der Waals surface area contributed by atoms with E-state index in [1.807, 2.05) is 19.1 Å². The van der Waals surface area contributed by atoms with Gasteiger partial charge in [-0.15, -0.1) is 24.0 Å². The second-order valence-electron chi connectivity index (χ2n) is 7.84. The summed E-state index contributed by atoms with van der Waals surface area (Å²) in [4.78, 5) is 18.9. The predicted octanol–water partition coefficient (Wildman–Crippen LogP) is 3.86. The van der Waals surface area contributed by atoms with Crippen molar-refractivity contribution < 1.29 is 14.3 Å². The maximum atomic E-state index is 12.2. The van der Waals surface area contributed by atoms with Crippen molar-refractivity contribution >= 4 is 47.5 Å². The number of hydrogen-bond acceptors (Lipinski definition) is 4. The van der Waals surface area contributed by atoms with Gasteiger partial charge in [-0.3, -0.25) is 9.79 Å². The number of likely N-dealkylation sites (tertiary alicyclic amines) is 1. The molecule has 0 bridgehead atoms. The number of carbonyl (C=O) groups excluding carboxylic acids is 1. The van der Waals surface area contributed by atoms with Crippen LogP contribution in [0.25, 0.3) is 0 Å². The second kappa shape index (κ2) is 12.1. The van der Waals surface area contributed by atoms with E-state index in [-0.39, 0.29) is 41.3 Å². The lowest BCUT2D eigenvalue weighted by molar-refractivity contribution is -0.149. The van der Waals surface area contributed by atoms with E-state index in [9.17, 15) is 4.79 Å². The molecule has 0 amide bonds. The normalized spacial score (nSPS) is 21.5. The highest BCUT2D eigenvalue weighted by Crippen LogP contribution is 2.35. The molecule has 2 heterocycles. The lowest BCUT2D eigenvalue weighted by Crippen LogP contribution is -2.52. The van der Waals surface area contributed by atoms with Crippen LogP contribution in [0.2, 0.25) is 5.02 Å². The van der Waals surface area contributed by atoms with Crippen LogP contribution in [-0.4, -0.2) is 63.3 Å². The number of esters is 1. The molecule has 0 saturated carbocycles. The van der Waals surface area contributed by atoms with Crippen LogP contribution in [0, 0.1) is 5.92 Å². The van der Waals surface area contributed by atoms with E-state index in [4.69, 9.17) is 21.1 Å². The van der Waals surface area contributed by atoms with Gasteiger partial charge in [0.2, 0.25) is 0 Å². The summed E-state index contributed by atoms with van der Waals surface area (Å²) in [5, 5.41) is 4.34. The molecule has 0 spiro atoms. The van der Waals surface area contributed by atoms with Crippen molar-refractivity contribution in [2.45, 2.75) is 38.0 Å². The molecule has 6 nitrogen and oxygen atoms in total. The zero-order chi connectivity index (χ0) is 20.7. The highest BCUT2D eigenvalue weighted by molar-refractivity contribution is 14.0. The number of guanidine groups is 1. The number of ether oxygens (including phenoxy) is 2. The summed E-state index contributed by atoms with van der Waals surface area (Å²) in [7, 11) is 1.80. The Labute approximate surface area is 201 Å². The van der Waals surface area contributed by atoms with Gasteiger partial charge < -0.3 is 19.7 Å². The number of nitrogens with one attached hydrogen (secondary N) is 1. The fourth-order valence-electron chi connectivity index (χ4n) is 4.35. The molecule has 2 aliphatic heterocycles. The molecule has 0 aromatic heterocycles. The molecule has 2 aliphatic rings.